The van der Waals surface area contributed by atoms with Crippen LogP contribution in [0, 0.1) is 0 Å². The van der Waals surface area contributed by atoms with Crippen molar-refractivity contribution < 1.29 is 0 Å². The van der Waals surface area contributed by atoms with Crippen LogP contribution in [0.5, 0.6) is 0 Å². The Kier molecular flexibility index (Phi) is 11.0. The van der Waals surface area contributed by atoms with Crippen molar-refractivity contribution in [1.29, 1.82) is 0 Å². The highest BCUT2D eigenvalue weighted by atomic mass is 15.1. The molecule has 0 aliphatic heterocycles. The third-order valence-electron chi connectivity index (χ3n) is 17.8. The van der Waals surface area contributed by atoms with Crippen molar-refractivity contribution >= 4 is 38.9 Å². The van der Waals surface area contributed by atoms with E-state index in [1.54, 1.807) is 0 Å². The molecule has 14 aromatic rings. The van der Waals surface area contributed by atoms with Crippen LogP contribution in [0.3, 0.4) is 0 Å². The molecule has 2 aliphatic carbocycles. The van der Waals surface area contributed by atoms with Crippen LogP contribution in [-0.4, -0.2) is 4.57 Å². The number of hydrogen-bond donors (Lipinski definition) is 0. The predicted molar refractivity (Wildman–Crippen MR) is 341 cm³/mol. The Morgan fingerprint density at radius 3 is 1.11 bits per heavy atom. The van der Waals surface area contributed by atoms with Gasteiger partial charge in [0.25, 0.3) is 0 Å². The first kappa shape index (κ1) is 47.5. The fourth-order valence-corrected chi connectivity index (χ4v) is 14.3. The molecule has 0 amide bonds. The molecule has 13 aromatic carbocycles. The van der Waals surface area contributed by atoms with Crippen LogP contribution in [0.15, 0.2) is 328 Å². The SMILES string of the molecule is c1ccc(-c2ccc(N(c3ccc(-c4ccc5c(c4)c4cc(C6(c7ccccc7)c7ccccc7-c7ccccc76)ccc4n5-c4ccccc4)cc3)c3ccc4c(c3)C(c3ccccc3)(c3ccccc3)c3ccccc3-4)cc2)cc1. The zero-order valence-corrected chi connectivity index (χ0v) is 45.1. The van der Waals surface area contributed by atoms with Crippen LogP contribution in [0.25, 0.3) is 72.0 Å². The molecule has 0 bridgehead atoms. The topological polar surface area (TPSA) is 8.17 Å². The van der Waals surface area contributed by atoms with Gasteiger partial charge in [-0.2, -0.15) is 0 Å². The summed E-state index contributed by atoms with van der Waals surface area (Å²) >= 11 is 0. The Labute approximate surface area is 478 Å². The summed E-state index contributed by atoms with van der Waals surface area (Å²) in [5.41, 5.74) is 25.7. The second kappa shape index (κ2) is 19.1. The zero-order valence-electron chi connectivity index (χ0n) is 45.1. The number of anilines is 3. The van der Waals surface area contributed by atoms with Crippen molar-refractivity contribution in [1.82, 2.24) is 4.57 Å². The highest BCUT2D eigenvalue weighted by molar-refractivity contribution is 6.11. The Hall–Kier alpha value is -10.5. The molecular weight excluding hydrogens is 989 g/mol. The Morgan fingerprint density at radius 2 is 0.598 bits per heavy atom. The van der Waals surface area contributed by atoms with Gasteiger partial charge in [-0.1, -0.05) is 255 Å². The van der Waals surface area contributed by atoms with Crippen molar-refractivity contribution in [2.75, 3.05) is 4.90 Å². The van der Waals surface area contributed by atoms with Crippen LogP contribution in [-0.2, 0) is 10.8 Å². The quantitative estimate of drug-likeness (QED) is 0.133. The van der Waals surface area contributed by atoms with Gasteiger partial charge in [0.1, 0.15) is 0 Å². The van der Waals surface area contributed by atoms with Crippen LogP contribution in [0.2, 0.25) is 0 Å². The molecule has 1 aromatic heterocycles. The molecule has 0 atom stereocenters. The average Bonchev–Trinajstić information content (AvgIpc) is 2.66. The molecule has 0 fully saturated rings. The van der Waals surface area contributed by atoms with E-state index in [4.69, 9.17) is 0 Å². The molecular formula is C80H54N2. The largest absolute Gasteiger partial charge is 0.310 e. The number of benzene rings is 13. The molecule has 2 aliphatic rings. The molecule has 0 unspecified atom stereocenters. The van der Waals surface area contributed by atoms with E-state index in [9.17, 15) is 0 Å². The molecule has 0 spiro atoms. The number of nitrogens with zero attached hydrogens (tertiary/aromatic N) is 2. The first-order valence-electron chi connectivity index (χ1n) is 28.5. The smallest absolute Gasteiger partial charge is 0.0714 e. The maximum Gasteiger partial charge on any atom is 0.0714 e. The van der Waals surface area contributed by atoms with Gasteiger partial charge in [-0.15, -0.1) is 0 Å². The second-order valence-corrected chi connectivity index (χ2v) is 21.9. The van der Waals surface area contributed by atoms with Crippen LogP contribution >= 0.6 is 0 Å². The Balaban J connectivity index is 0.863. The maximum absolute atomic E-state index is 2.50. The summed E-state index contributed by atoms with van der Waals surface area (Å²) in [6.45, 7) is 0. The van der Waals surface area contributed by atoms with E-state index in [2.05, 4.69) is 337 Å². The van der Waals surface area contributed by atoms with Crippen LogP contribution < -0.4 is 4.90 Å². The Bertz CT molecular complexity index is 4610. The molecule has 2 nitrogen and oxygen atoms in total. The van der Waals surface area contributed by atoms with E-state index in [0.29, 0.717) is 0 Å². The molecule has 16 rings (SSSR count). The average molecular weight is 1040 g/mol. The number of rotatable bonds is 10. The molecule has 2 heteroatoms. The van der Waals surface area contributed by atoms with Crippen molar-refractivity contribution in [2.24, 2.45) is 0 Å². The van der Waals surface area contributed by atoms with Gasteiger partial charge < -0.3 is 9.47 Å². The molecule has 0 radical (unpaired) electrons. The number of hydrogen-bond acceptors (Lipinski definition) is 1. The maximum atomic E-state index is 2.50. The van der Waals surface area contributed by atoms with Crippen molar-refractivity contribution in [3.05, 3.63) is 372 Å². The normalized spacial score (nSPS) is 13.3. The standard InChI is InChI=1S/C80H54N2/c1-6-22-55(23-7-1)56-38-44-64(45-39-56)81(66-48-49-70-69-34-18-19-35-73(69)79(76(70)54-66,59-24-8-2-9-25-59)60-26-10-3-11-27-60)65-46-40-57(41-47-65)58-42-50-77-71(52-58)72-53-62(43-51-78(72)82(77)63-30-14-5-15-31-63)80(61-28-12-4-13-29-61)74-36-20-16-32-67(74)68-33-17-21-37-75(68)80/h1-54H. The van der Waals surface area contributed by atoms with E-state index in [1.165, 1.54) is 99.7 Å². The van der Waals surface area contributed by atoms with Crippen molar-refractivity contribution in [3.63, 3.8) is 0 Å². The molecule has 0 saturated heterocycles. The third-order valence-corrected chi connectivity index (χ3v) is 17.8. The summed E-state index contributed by atoms with van der Waals surface area (Å²) in [4.78, 5) is 2.43. The lowest BCUT2D eigenvalue weighted by molar-refractivity contribution is 0.768. The van der Waals surface area contributed by atoms with Gasteiger partial charge >= 0.3 is 0 Å². The summed E-state index contributed by atoms with van der Waals surface area (Å²) in [5.74, 6) is 0. The van der Waals surface area contributed by atoms with Gasteiger partial charge in [0.2, 0.25) is 0 Å². The minimum atomic E-state index is -0.533. The fourth-order valence-electron chi connectivity index (χ4n) is 14.3. The lowest BCUT2D eigenvalue weighted by Gasteiger charge is -2.35. The predicted octanol–water partition coefficient (Wildman–Crippen LogP) is 20.3. The molecule has 82 heavy (non-hydrogen) atoms. The number of fused-ring (bicyclic) bond motifs is 9. The van der Waals surface area contributed by atoms with E-state index in [1.807, 2.05) is 0 Å². The van der Waals surface area contributed by atoms with E-state index >= 15 is 0 Å². The molecule has 0 N–H and O–H groups in total. The number of para-hydroxylation sites is 1. The van der Waals surface area contributed by atoms with Crippen LogP contribution in [0.4, 0.5) is 17.1 Å². The van der Waals surface area contributed by atoms with E-state index in [-0.39, 0.29) is 0 Å². The van der Waals surface area contributed by atoms with Crippen LogP contribution in [0.1, 0.15) is 44.5 Å². The number of aromatic nitrogens is 1. The van der Waals surface area contributed by atoms with E-state index in [0.717, 1.165) is 33.9 Å². The summed E-state index contributed by atoms with van der Waals surface area (Å²) in [7, 11) is 0. The lowest BCUT2D eigenvalue weighted by Crippen LogP contribution is -2.28. The Morgan fingerprint density at radius 1 is 0.232 bits per heavy atom. The first-order valence-corrected chi connectivity index (χ1v) is 28.5. The highest BCUT2D eigenvalue weighted by Crippen LogP contribution is 2.59. The first-order chi connectivity index (χ1) is 40.7. The second-order valence-electron chi connectivity index (χ2n) is 21.9. The minimum absolute atomic E-state index is 0.515. The molecule has 384 valence electrons. The monoisotopic (exact) mass is 1040 g/mol. The van der Waals surface area contributed by atoms with E-state index < -0.39 is 10.8 Å². The summed E-state index contributed by atoms with van der Waals surface area (Å²) < 4.78 is 2.44. The van der Waals surface area contributed by atoms with Gasteiger partial charge in [0.15, 0.2) is 0 Å². The van der Waals surface area contributed by atoms with Gasteiger partial charge in [0, 0.05) is 33.5 Å². The highest BCUT2D eigenvalue weighted by Gasteiger charge is 2.47. The molecule has 0 saturated carbocycles. The summed E-state index contributed by atoms with van der Waals surface area (Å²) in [6.07, 6.45) is 0. The fraction of sp³-hybridized carbons (Fsp3) is 0.0250. The van der Waals surface area contributed by atoms with Gasteiger partial charge in [0.05, 0.1) is 21.9 Å². The molecule has 1 heterocycles. The van der Waals surface area contributed by atoms with Crippen molar-refractivity contribution in [3.8, 4) is 50.2 Å². The minimum Gasteiger partial charge on any atom is -0.310 e. The summed E-state index contributed by atoms with van der Waals surface area (Å²) in [5, 5.41) is 2.43. The lowest BCUT2D eigenvalue weighted by atomic mass is 9.67. The van der Waals surface area contributed by atoms with Gasteiger partial charge in [-0.3, -0.25) is 0 Å². The third kappa shape index (κ3) is 7.14. The van der Waals surface area contributed by atoms with Gasteiger partial charge in [-0.05, 0) is 162 Å². The zero-order chi connectivity index (χ0) is 54.2. The van der Waals surface area contributed by atoms with Gasteiger partial charge in [-0.25, -0.2) is 0 Å². The van der Waals surface area contributed by atoms with Crippen molar-refractivity contribution in [2.45, 2.75) is 10.8 Å². The summed E-state index contributed by atoms with van der Waals surface area (Å²) in [6, 6.07) is 122.